The van der Waals surface area contributed by atoms with Crippen molar-refractivity contribution in [2.75, 3.05) is 0 Å². The van der Waals surface area contributed by atoms with Gasteiger partial charge in [0.25, 0.3) is 11.6 Å². The van der Waals surface area contributed by atoms with Crippen LogP contribution in [-0.2, 0) is 19.1 Å². The van der Waals surface area contributed by atoms with E-state index in [2.05, 4.69) is 0 Å². The molecule has 2 aromatic carbocycles. The van der Waals surface area contributed by atoms with Crippen molar-refractivity contribution < 1.29 is 28.5 Å². The predicted octanol–water partition coefficient (Wildman–Crippen LogP) is 6.43. The van der Waals surface area contributed by atoms with E-state index in [9.17, 15) is 9.59 Å². The van der Waals surface area contributed by atoms with Crippen LogP contribution in [0.25, 0.3) is 0 Å². The van der Waals surface area contributed by atoms with E-state index in [-0.39, 0.29) is 0 Å². The first kappa shape index (κ1) is 26.2. The molecule has 0 aliphatic heterocycles. The Morgan fingerprint density at radius 3 is 1.30 bits per heavy atom. The Hall–Kier alpha value is -3.02. The number of para-hydroxylation sites is 2. The number of benzene rings is 2. The lowest BCUT2D eigenvalue weighted by Gasteiger charge is -2.34. The van der Waals surface area contributed by atoms with E-state index < -0.39 is 29.9 Å². The van der Waals surface area contributed by atoms with Crippen LogP contribution in [0.1, 0.15) is 72.6 Å². The summed E-state index contributed by atoms with van der Waals surface area (Å²) in [5, 5.41) is 0. The van der Waals surface area contributed by atoms with Gasteiger partial charge in [0.05, 0.1) is 0 Å². The maximum absolute atomic E-state index is 12.7. The minimum atomic E-state index is -1.14. The lowest BCUT2D eigenvalue weighted by molar-refractivity contribution is -0.212. The largest absolute Gasteiger partial charge is 0.452 e. The molecule has 0 aliphatic carbocycles. The molecule has 180 valence electrons. The first-order valence-electron chi connectivity index (χ1n) is 11.8. The number of rotatable bonds is 14. The van der Waals surface area contributed by atoms with Crippen molar-refractivity contribution in [3.63, 3.8) is 0 Å². The van der Waals surface area contributed by atoms with Crippen LogP contribution in [0.5, 0.6) is 11.5 Å². The molecule has 6 nitrogen and oxygen atoms in total. The van der Waals surface area contributed by atoms with Gasteiger partial charge in [0.1, 0.15) is 17.9 Å². The molecular formula is C27H36O6. The molecule has 0 radical (unpaired) electrons. The summed E-state index contributed by atoms with van der Waals surface area (Å²) in [5.41, 5.74) is 0. The fourth-order valence-electron chi connectivity index (χ4n) is 3.66. The molecule has 2 atom stereocenters. The fraction of sp³-hybridized carbons (Fsp3) is 0.481. The molecule has 0 fully saturated rings. The highest BCUT2D eigenvalue weighted by molar-refractivity contribution is 5.91. The van der Waals surface area contributed by atoms with E-state index >= 15 is 0 Å². The quantitative estimate of drug-likeness (QED) is 0.185. The molecule has 0 heterocycles. The Kier molecular flexibility index (Phi) is 10.2. The summed E-state index contributed by atoms with van der Waals surface area (Å²) >= 11 is 0. The van der Waals surface area contributed by atoms with E-state index in [1.807, 2.05) is 88.4 Å². The smallest absolute Gasteiger partial charge is 0.320 e. The maximum Gasteiger partial charge on any atom is 0.320 e. The predicted molar refractivity (Wildman–Crippen MR) is 127 cm³/mol. The molecule has 0 spiro atoms. The third-order valence-electron chi connectivity index (χ3n) is 5.32. The summed E-state index contributed by atoms with van der Waals surface area (Å²) < 4.78 is 23.6. The van der Waals surface area contributed by atoms with Crippen LogP contribution in [0.2, 0.25) is 0 Å². The molecule has 0 amide bonds. The van der Waals surface area contributed by atoms with E-state index in [1.54, 1.807) is 0 Å². The molecule has 0 aromatic heterocycles. The second-order valence-electron chi connectivity index (χ2n) is 7.98. The molecule has 2 unspecified atom stereocenters. The second-order valence-corrected chi connectivity index (χ2v) is 7.98. The van der Waals surface area contributed by atoms with Crippen LogP contribution in [0.15, 0.2) is 60.7 Å². The van der Waals surface area contributed by atoms with Crippen molar-refractivity contribution in [2.45, 2.75) is 84.2 Å². The number of hydrogen-bond acceptors (Lipinski definition) is 6. The zero-order valence-electron chi connectivity index (χ0n) is 20.2. The molecule has 0 N–H and O–H groups in total. The standard InChI is InChI=1S/C27H36O6/c1-5-19-26(7-3,30-22-15-11-9-12-16-22)32-24(28)21-25(29)33-27(8-4,20-6-2)31-23-17-13-10-14-18-23/h9-18H,5-8,19-21H2,1-4H3. The van der Waals surface area contributed by atoms with Crippen LogP contribution in [0.4, 0.5) is 0 Å². The summed E-state index contributed by atoms with van der Waals surface area (Å²) in [6.45, 7) is 7.76. The van der Waals surface area contributed by atoms with Gasteiger partial charge in [0.2, 0.25) is 0 Å². The summed E-state index contributed by atoms with van der Waals surface area (Å²) in [6.07, 6.45) is 2.88. The highest BCUT2D eigenvalue weighted by Crippen LogP contribution is 2.30. The van der Waals surface area contributed by atoms with E-state index in [0.29, 0.717) is 37.2 Å². The van der Waals surface area contributed by atoms with Crippen LogP contribution >= 0.6 is 0 Å². The summed E-state index contributed by atoms with van der Waals surface area (Å²) in [6, 6.07) is 18.4. The number of carbonyl (C=O) groups is 2. The van der Waals surface area contributed by atoms with Crippen LogP contribution in [0, 0.1) is 0 Å². The minimum absolute atomic E-state index is 0.447. The van der Waals surface area contributed by atoms with Crippen LogP contribution in [0.3, 0.4) is 0 Å². The number of carbonyl (C=O) groups excluding carboxylic acids is 2. The van der Waals surface area contributed by atoms with E-state index in [0.717, 1.165) is 12.8 Å². The van der Waals surface area contributed by atoms with Gasteiger partial charge in [-0.05, 0) is 37.1 Å². The molecule has 2 rings (SSSR count). The summed E-state index contributed by atoms with van der Waals surface area (Å²) in [5.74, 6) is -2.45. The normalized spacial score (nSPS) is 14.4. The van der Waals surface area contributed by atoms with Gasteiger partial charge in [0.15, 0.2) is 0 Å². The van der Waals surface area contributed by atoms with Gasteiger partial charge in [-0.1, -0.05) is 64.1 Å². The number of esters is 2. The molecule has 0 bridgehead atoms. The molecule has 0 saturated carbocycles. The Balaban J connectivity index is 2.08. The Morgan fingerprint density at radius 2 is 1.00 bits per heavy atom. The van der Waals surface area contributed by atoms with E-state index in [4.69, 9.17) is 18.9 Å². The van der Waals surface area contributed by atoms with Crippen LogP contribution in [-0.4, -0.2) is 23.5 Å². The van der Waals surface area contributed by atoms with Gasteiger partial charge in [-0.2, -0.15) is 0 Å². The zero-order chi connectivity index (χ0) is 24.2. The molecule has 6 heteroatoms. The van der Waals surface area contributed by atoms with Crippen LogP contribution < -0.4 is 9.47 Å². The lowest BCUT2D eigenvalue weighted by Crippen LogP contribution is -2.43. The molecular weight excluding hydrogens is 420 g/mol. The summed E-state index contributed by atoms with van der Waals surface area (Å²) in [7, 11) is 0. The van der Waals surface area contributed by atoms with Crippen molar-refractivity contribution in [3.8, 4) is 11.5 Å². The van der Waals surface area contributed by atoms with Gasteiger partial charge in [0, 0.05) is 25.7 Å². The Labute approximate surface area is 197 Å². The monoisotopic (exact) mass is 456 g/mol. The van der Waals surface area contributed by atoms with Gasteiger partial charge < -0.3 is 18.9 Å². The number of hydrogen-bond donors (Lipinski definition) is 0. The minimum Gasteiger partial charge on any atom is -0.452 e. The summed E-state index contributed by atoms with van der Waals surface area (Å²) in [4.78, 5) is 25.5. The van der Waals surface area contributed by atoms with Gasteiger partial charge in [-0.25, -0.2) is 0 Å². The third kappa shape index (κ3) is 8.12. The lowest BCUT2D eigenvalue weighted by atomic mass is 10.1. The van der Waals surface area contributed by atoms with Crippen molar-refractivity contribution in [1.29, 1.82) is 0 Å². The third-order valence-corrected chi connectivity index (χ3v) is 5.32. The SMILES string of the molecule is CCCC(CC)(OC(=O)CC(=O)OC(CC)(CCC)Oc1ccccc1)Oc1ccccc1. The van der Waals surface area contributed by atoms with Crippen molar-refractivity contribution in [1.82, 2.24) is 0 Å². The first-order valence-corrected chi connectivity index (χ1v) is 11.8. The van der Waals surface area contributed by atoms with Gasteiger partial charge in [-0.3, -0.25) is 9.59 Å². The Morgan fingerprint density at radius 1 is 0.636 bits per heavy atom. The maximum atomic E-state index is 12.7. The molecule has 0 aliphatic rings. The Bertz CT molecular complexity index is 782. The van der Waals surface area contributed by atoms with Gasteiger partial charge >= 0.3 is 11.9 Å². The van der Waals surface area contributed by atoms with E-state index in [1.165, 1.54) is 0 Å². The number of ether oxygens (including phenoxy) is 4. The van der Waals surface area contributed by atoms with Gasteiger partial charge in [-0.15, -0.1) is 0 Å². The highest BCUT2D eigenvalue weighted by atomic mass is 16.7. The molecule has 33 heavy (non-hydrogen) atoms. The molecule has 2 aromatic rings. The van der Waals surface area contributed by atoms with Crippen molar-refractivity contribution >= 4 is 11.9 Å². The highest BCUT2D eigenvalue weighted by Gasteiger charge is 2.38. The molecule has 0 saturated heterocycles. The first-order chi connectivity index (χ1) is 15.9. The second kappa shape index (κ2) is 12.9. The topological polar surface area (TPSA) is 71.1 Å². The average molecular weight is 457 g/mol. The average Bonchev–Trinajstić information content (AvgIpc) is 2.80. The van der Waals surface area contributed by atoms with Crippen molar-refractivity contribution in [2.24, 2.45) is 0 Å². The van der Waals surface area contributed by atoms with Crippen molar-refractivity contribution in [3.05, 3.63) is 60.7 Å². The fourth-order valence-corrected chi connectivity index (χ4v) is 3.66. The zero-order valence-corrected chi connectivity index (χ0v) is 20.2.